The van der Waals surface area contributed by atoms with Crippen LogP contribution in [0.1, 0.15) is 78.6 Å². The molecule has 0 aromatic carbocycles. The van der Waals surface area contributed by atoms with E-state index < -0.39 is 0 Å². The van der Waals surface area contributed by atoms with Crippen LogP contribution in [0.15, 0.2) is 0 Å². The largest absolute Gasteiger partial charge is 0.381 e. The molecule has 2 heteroatoms. The van der Waals surface area contributed by atoms with E-state index in [0.717, 1.165) is 13.2 Å². The summed E-state index contributed by atoms with van der Waals surface area (Å²) in [4.78, 5) is 0. The molecule has 0 aromatic rings. The second-order valence-corrected chi connectivity index (χ2v) is 6.15. The van der Waals surface area contributed by atoms with Gasteiger partial charge in [0.1, 0.15) is 0 Å². The van der Waals surface area contributed by atoms with E-state index >= 15 is 0 Å². The molecule has 0 spiro atoms. The molecular formula is C16H33NO. The number of nitrogens with one attached hydrogen (secondary N) is 1. The molecule has 1 fully saturated rings. The van der Waals surface area contributed by atoms with Gasteiger partial charge in [0.15, 0.2) is 0 Å². The normalized spacial score (nSPS) is 20.8. The summed E-state index contributed by atoms with van der Waals surface area (Å²) in [5.41, 5.74) is 0.352. The minimum atomic E-state index is 0.352. The van der Waals surface area contributed by atoms with Gasteiger partial charge in [0.2, 0.25) is 0 Å². The third kappa shape index (κ3) is 6.19. The Bertz CT molecular complexity index is 201. The first kappa shape index (κ1) is 16.0. The fourth-order valence-corrected chi connectivity index (χ4v) is 3.10. The predicted octanol–water partition coefficient (Wildman–Crippen LogP) is 4.28. The van der Waals surface area contributed by atoms with Crippen molar-refractivity contribution in [2.24, 2.45) is 0 Å². The van der Waals surface area contributed by atoms with E-state index in [2.05, 4.69) is 26.1 Å². The Morgan fingerprint density at radius 3 is 2.33 bits per heavy atom. The van der Waals surface area contributed by atoms with Crippen molar-refractivity contribution in [1.29, 1.82) is 0 Å². The van der Waals surface area contributed by atoms with Gasteiger partial charge >= 0.3 is 0 Å². The van der Waals surface area contributed by atoms with Crippen LogP contribution < -0.4 is 5.32 Å². The average molecular weight is 255 g/mol. The fourth-order valence-electron chi connectivity index (χ4n) is 3.10. The summed E-state index contributed by atoms with van der Waals surface area (Å²) < 4.78 is 5.45. The van der Waals surface area contributed by atoms with Gasteiger partial charge in [-0.25, -0.2) is 0 Å². The molecule has 1 heterocycles. The van der Waals surface area contributed by atoms with Crippen LogP contribution in [0.25, 0.3) is 0 Å². The number of ether oxygens (including phenoxy) is 1. The zero-order valence-electron chi connectivity index (χ0n) is 12.8. The lowest BCUT2D eigenvalue weighted by Gasteiger charge is -2.37. The number of unbranched alkanes of at least 4 members (excludes halogenated alkanes) is 3. The maximum atomic E-state index is 5.45. The lowest BCUT2D eigenvalue weighted by atomic mass is 9.87. The summed E-state index contributed by atoms with van der Waals surface area (Å²) in [6, 6.07) is 0.682. The molecule has 0 radical (unpaired) electrons. The summed E-state index contributed by atoms with van der Waals surface area (Å²) in [6.45, 7) is 8.89. The highest BCUT2D eigenvalue weighted by Crippen LogP contribution is 2.23. The maximum Gasteiger partial charge on any atom is 0.0480 e. The third-order valence-corrected chi connectivity index (χ3v) is 4.16. The lowest BCUT2D eigenvalue weighted by molar-refractivity contribution is 0.0666. The van der Waals surface area contributed by atoms with E-state index in [-0.39, 0.29) is 0 Å². The van der Waals surface area contributed by atoms with Crippen molar-refractivity contribution in [3.05, 3.63) is 0 Å². The van der Waals surface area contributed by atoms with Gasteiger partial charge < -0.3 is 10.1 Å². The first-order valence-corrected chi connectivity index (χ1v) is 8.05. The van der Waals surface area contributed by atoms with Gasteiger partial charge in [-0.1, -0.05) is 46.0 Å². The molecule has 0 aromatic heterocycles. The van der Waals surface area contributed by atoms with Crippen molar-refractivity contribution in [3.8, 4) is 0 Å². The SMILES string of the molecule is CCCCCCC(C)(CCC)NC1CCOCC1. The molecule has 1 aliphatic rings. The van der Waals surface area contributed by atoms with E-state index in [1.165, 1.54) is 57.8 Å². The van der Waals surface area contributed by atoms with E-state index in [4.69, 9.17) is 4.74 Å². The molecule has 1 saturated heterocycles. The Morgan fingerprint density at radius 1 is 1.00 bits per heavy atom. The highest BCUT2D eigenvalue weighted by Gasteiger charge is 2.26. The standard InChI is InChI=1S/C16H33NO/c1-4-6-7-8-12-16(3,11-5-2)17-15-9-13-18-14-10-15/h15,17H,4-14H2,1-3H3. The molecule has 2 nitrogen and oxygen atoms in total. The quantitative estimate of drug-likeness (QED) is 0.621. The zero-order valence-corrected chi connectivity index (χ0v) is 12.8. The van der Waals surface area contributed by atoms with Crippen molar-refractivity contribution in [3.63, 3.8) is 0 Å². The highest BCUT2D eigenvalue weighted by atomic mass is 16.5. The van der Waals surface area contributed by atoms with Gasteiger partial charge in [0, 0.05) is 24.8 Å². The van der Waals surface area contributed by atoms with Gasteiger partial charge in [-0.2, -0.15) is 0 Å². The fraction of sp³-hybridized carbons (Fsp3) is 1.00. The van der Waals surface area contributed by atoms with Gasteiger partial charge in [-0.3, -0.25) is 0 Å². The Morgan fingerprint density at radius 2 is 1.72 bits per heavy atom. The van der Waals surface area contributed by atoms with Crippen molar-refractivity contribution in [2.45, 2.75) is 90.1 Å². The Balaban J connectivity index is 2.34. The van der Waals surface area contributed by atoms with Gasteiger partial charge in [-0.15, -0.1) is 0 Å². The zero-order chi connectivity index (χ0) is 13.3. The van der Waals surface area contributed by atoms with Crippen molar-refractivity contribution in [1.82, 2.24) is 5.32 Å². The molecule has 108 valence electrons. The maximum absolute atomic E-state index is 5.45. The van der Waals surface area contributed by atoms with Crippen LogP contribution in [0.2, 0.25) is 0 Å². The summed E-state index contributed by atoms with van der Waals surface area (Å²) in [5, 5.41) is 3.93. The minimum Gasteiger partial charge on any atom is -0.381 e. The molecule has 18 heavy (non-hydrogen) atoms. The molecule has 1 unspecified atom stereocenters. The Labute approximate surface area is 114 Å². The predicted molar refractivity (Wildman–Crippen MR) is 79.0 cm³/mol. The van der Waals surface area contributed by atoms with Crippen LogP contribution >= 0.6 is 0 Å². The highest BCUT2D eigenvalue weighted by molar-refractivity contribution is 4.87. The van der Waals surface area contributed by atoms with E-state index in [0.29, 0.717) is 11.6 Å². The van der Waals surface area contributed by atoms with Crippen LogP contribution in [0.3, 0.4) is 0 Å². The molecule has 1 atom stereocenters. The number of hydrogen-bond acceptors (Lipinski definition) is 2. The lowest BCUT2D eigenvalue weighted by Crippen LogP contribution is -2.50. The molecule has 0 saturated carbocycles. The van der Waals surface area contributed by atoms with Gasteiger partial charge in [0.05, 0.1) is 0 Å². The van der Waals surface area contributed by atoms with Crippen LogP contribution in [-0.4, -0.2) is 24.8 Å². The second-order valence-electron chi connectivity index (χ2n) is 6.15. The van der Waals surface area contributed by atoms with Crippen LogP contribution in [0.5, 0.6) is 0 Å². The second kappa shape index (κ2) is 8.92. The number of hydrogen-bond donors (Lipinski definition) is 1. The monoisotopic (exact) mass is 255 g/mol. The topological polar surface area (TPSA) is 21.3 Å². The molecule has 1 rings (SSSR count). The molecule has 0 bridgehead atoms. The van der Waals surface area contributed by atoms with Crippen LogP contribution in [0.4, 0.5) is 0 Å². The minimum absolute atomic E-state index is 0.352. The van der Waals surface area contributed by atoms with Crippen LogP contribution in [0, 0.1) is 0 Å². The van der Waals surface area contributed by atoms with Crippen molar-refractivity contribution in [2.75, 3.05) is 13.2 Å². The molecule has 0 aliphatic carbocycles. The van der Waals surface area contributed by atoms with E-state index in [1.807, 2.05) is 0 Å². The smallest absolute Gasteiger partial charge is 0.0480 e. The molecule has 1 aliphatic heterocycles. The Kier molecular flexibility index (Phi) is 7.92. The molecule has 1 N–H and O–H groups in total. The van der Waals surface area contributed by atoms with Gasteiger partial charge in [-0.05, 0) is 32.6 Å². The summed E-state index contributed by atoms with van der Waals surface area (Å²) >= 11 is 0. The van der Waals surface area contributed by atoms with Crippen molar-refractivity contribution >= 4 is 0 Å². The number of rotatable bonds is 9. The van der Waals surface area contributed by atoms with Gasteiger partial charge in [0.25, 0.3) is 0 Å². The Hall–Kier alpha value is -0.0800. The third-order valence-electron chi connectivity index (χ3n) is 4.16. The average Bonchev–Trinajstić information content (AvgIpc) is 2.36. The summed E-state index contributed by atoms with van der Waals surface area (Å²) in [5.74, 6) is 0. The molecule has 0 amide bonds. The van der Waals surface area contributed by atoms with E-state index in [9.17, 15) is 0 Å². The van der Waals surface area contributed by atoms with E-state index in [1.54, 1.807) is 0 Å². The first-order chi connectivity index (χ1) is 8.70. The van der Waals surface area contributed by atoms with Crippen LogP contribution in [-0.2, 0) is 4.74 Å². The summed E-state index contributed by atoms with van der Waals surface area (Å²) in [6.07, 6.45) is 11.8. The molecular weight excluding hydrogens is 222 g/mol. The summed E-state index contributed by atoms with van der Waals surface area (Å²) in [7, 11) is 0. The van der Waals surface area contributed by atoms with Crippen molar-refractivity contribution < 1.29 is 4.74 Å². The first-order valence-electron chi connectivity index (χ1n) is 8.05.